The van der Waals surface area contributed by atoms with Gasteiger partial charge in [-0.1, -0.05) is 13.8 Å². The lowest BCUT2D eigenvalue weighted by molar-refractivity contribution is 0.0929. The number of halogens is 2. The smallest absolute Gasteiger partial charge is 0.261 e. The number of carbonyl (C=O) groups is 1. The second-order valence-corrected chi connectivity index (χ2v) is 6.75. The summed E-state index contributed by atoms with van der Waals surface area (Å²) in [5.41, 5.74) is 0. The molecule has 0 spiro atoms. The minimum absolute atomic E-state index is 0.0143. The van der Waals surface area contributed by atoms with E-state index >= 15 is 0 Å². The highest BCUT2D eigenvalue weighted by Crippen LogP contribution is 2.22. The molecule has 0 aliphatic rings. The average molecular weight is 325 g/mol. The van der Waals surface area contributed by atoms with Crippen molar-refractivity contribution in [1.29, 1.82) is 0 Å². The van der Waals surface area contributed by atoms with Gasteiger partial charge in [-0.3, -0.25) is 4.79 Å². The molecule has 1 unspecified atom stereocenters. The molecule has 0 radical (unpaired) electrons. The van der Waals surface area contributed by atoms with Crippen molar-refractivity contribution in [3.8, 4) is 0 Å². The van der Waals surface area contributed by atoms with Crippen LogP contribution in [0.5, 0.6) is 0 Å². The molecule has 1 heterocycles. The second kappa shape index (κ2) is 6.62. The molecule has 1 atom stereocenters. The highest BCUT2D eigenvalue weighted by molar-refractivity contribution is 9.11. The zero-order valence-electron chi connectivity index (χ0n) is 9.30. The van der Waals surface area contributed by atoms with Crippen LogP contribution in [0, 0.1) is 5.92 Å². The maximum atomic E-state index is 11.9. The third kappa shape index (κ3) is 4.07. The van der Waals surface area contributed by atoms with Crippen molar-refractivity contribution >= 4 is 44.8 Å². The van der Waals surface area contributed by atoms with Crippen molar-refractivity contribution in [2.45, 2.75) is 26.3 Å². The van der Waals surface area contributed by atoms with Gasteiger partial charge in [-0.05, 0) is 40.4 Å². The molecule has 90 valence electrons. The lowest BCUT2D eigenvalue weighted by Gasteiger charge is -2.20. The fraction of sp³-hybridized carbons (Fsp3) is 0.545. The van der Waals surface area contributed by atoms with Gasteiger partial charge >= 0.3 is 0 Å². The van der Waals surface area contributed by atoms with Crippen LogP contribution in [0.15, 0.2) is 15.9 Å². The summed E-state index contributed by atoms with van der Waals surface area (Å²) in [6, 6.07) is 3.85. The van der Waals surface area contributed by atoms with Crippen molar-refractivity contribution in [3.05, 3.63) is 20.8 Å². The van der Waals surface area contributed by atoms with Crippen molar-refractivity contribution in [2.24, 2.45) is 5.92 Å². The van der Waals surface area contributed by atoms with Gasteiger partial charge in [0.1, 0.15) is 0 Å². The molecule has 0 saturated heterocycles. The first-order valence-corrected chi connectivity index (χ1v) is 7.31. The van der Waals surface area contributed by atoms with Gasteiger partial charge in [0.05, 0.1) is 8.66 Å². The topological polar surface area (TPSA) is 29.1 Å². The number of hydrogen-bond donors (Lipinski definition) is 1. The molecule has 16 heavy (non-hydrogen) atoms. The predicted octanol–water partition coefficient (Wildman–Crippen LogP) is 3.89. The number of alkyl halides is 1. The van der Waals surface area contributed by atoms with E-state index in [1.54, 1.807) is 0 Å². The molecular formula is C11H15BrClNOS. The Bertz CT molecular complexity index is 354. The van der Waals surface area contributed by atoms with Gasteiger partial charge in [0.2, 0.25) is 0 Å². The SMILES string of the molecule is CC(C)C(CCCl)NC(=O)c1ccc(Br)s1. The molecule has 0 aliphatic heterocycles. The summed E-state index contributed by atoms with van der Waals surface area (Å²) in [7, 11) is 0. The third-order valence-corrected chi connectivity index (χ3v) is 4.18. The van der Waals surface area contributed by atoms with Gasteiger partial charge < -0.3 is 5.32 Å². The molecule has 0 saturated carbocycles. The number of amides is 1. The second-order valence-electron chi connectivity index (χ2n) is 3.91. The first-order chi connectivity index (χ1) is 7.54. The van der Waals surface area contributed by atoms with Crippen LogP contribution in [0.25, 0.3) is 0 Å². The highest BCUT2D eigenvalue weighted by atomic mass is 79.9. The lowest BCUT2D eigenvalue weighted by Crippen LogP contribution is -2.38. The van der Waals surface area contributed by atoms with E-state index in [9.17, 15) is 4.79 Å². The Hall–Kier alpha value is -0.0600. The average Bonchev–Trinajstić information content (AvgIpc) is 2.64. The quantitative estimate of drug-likeness (QED) is 0.818. The summed E-state index contributed by atoms with van der Waals surface area (Å²) < 4.78 is 0.969. The molecule has 0 fully saturated rings. The monoisotopic (exact) mass is 323 g/mol. The predicted molar refractivity (Wildman–Crippen MR) is 73.4 cm³/mol. The van der Waals surface area contributed by atoms with E-state index in [4.69, 9.17) is 11.6 Å². The van der Waals surface area contributed by atoms with E-state index in [0.29, 0.717) is 11.8 Å². The molecule has 2 nitrogen and oxygen atoms in total. The molecule has 5 heteroatoms. The van der Waals surface area contributed by atoms with Crippen LogP contribution in [-0.4, -0.2) is 17.8 Å². The van der Waals surface area contributed by atoms with E-state index in [2.05, 4.69) is 35.1 Å². The summed E-state index contributed by atoms with van der Waals surface area (Å²) in [5, 5.41) is 3.01. The van der Waals surface area contributed by atoms with Gasteiger partial charge in [-0.15, -0.1) is 22.9 Å². The molecule has 0 bridgehead atoms. The van der Waals surface area contributed by atoms with Crippen LogP contribution >= 0.6 is 38.9 Å². The number of thiophene rings is 1. The van der Waals surface area contributed by atoms with E-state index in [1.165, 1.54) is 11.3 Å². The Morgan fingerprint density at radius 3 is 2.69 bits per heavy atom. The number of carbonyl (C=O) groups excluding carboxylic acids is 1. The van der Waals surface area contributed by atoms with E-state index in [1.807, 2.05) is 12.1 Å². The van der Waals surface area contributed by atoms with Gasteiger partial charge in [0.25, 0.3) is 5.91 Å². The van der Waals surface area contributed by atoms with E-state index < -0.39 is 0 Å². The van der Waals surface area contributed by atoms with Crippen LogP contribution in [-0.2, 0) is 0 Å². The molecular weight excluding hydrogens is 310 g/mol. The van der Waals surface area contributed by atoms with Gasteiger partial charge in [-0.2, -0.15) is 0 Å². The van der Waals surface area contributed by atoms with Crippen molar-refractivity contribution in [3.63, 3.8) is 0 Å². The summed E-state index contributed by atoms with van der Waals surface area (Å²) in [5.74, 6) is 0.947. The maximum Gasteiger partial charge on any atom is 0.261 e. The van der Waals surface area contributed by atoms with Gasteiger partial charge in [-0.25, -0.2) is 0 Å². The number of hydrogen-bond acceptors (Lipinski definition) is 2. The van der Waals surface area contributed by atoms with Gasteiger partial charge in [0, 0.05) is 11.9 Å². The fourth-order valence-electron chi connectivity index (χ4n) is 1.37. The Balaban J connectivity index is 2.61. The van der Waals surface area contributed by atoms with E-state index in [0.717, 1.165) is 15.1 Å². The maximum absolute atomic E-state index is 11.9. The zero-order chi connectivity index (χ0) is 12.1. The normalized spacial score (nSPS) is 12.8. The Kier molecular flexibility index (Phi) is 5.79. The Labute approximate surface area is 114 Å². The molecule has 1 rings (SSSR count). The van der Waals surface area contributed by atoms with Crippen molar-refractivity contribution in [1.82, 2.24) is 5.32 Å². The summed E-state index contributed by atoms with van der Waals surface area (Å²) >= 11 is 10.5. The molecule has 1 amide bonds. The number of rotatable bonds is 5. The first kappa shape index (κ1) is 14.0. The van der Waals surface area contributed by atoms with Crippen molar-refractivity contribution < 1.29 is 4.79 Å². The minimum atomic E-state index is -0.0143. The van der Waals surface area contributed by atoms with Crippen LogP contribution in [0.2, 0.25) is 0 Å². The van der Waals surface area contributed by atoms with E-state index in [-0.39, 0.29) is 11.9 Å². The zero-order valence-corrected chi connectivity index (χ0v) is 12.5. The third-order valence-electron chi connectivity index (χ3n) is 2.34. The van der Waals surface area contributed by atoms with Crippen LogP contribution in [0.3, 0.4) is 0 Å². The molecule has 0 aromatic carbocycles. The Morgan fingerprint density at radius 1 is 1.56 bits per heavy atom. The fourth-order valence-corrected chi connectivity index (χ4v) is 2.89. The molecule has 1 N–H and O–H groups in total. The van der Waals surface area contributed by atoms with Crippen LogP contribution in [0.4, 0.5) is 0 Å². The molecule has 0 aliphatic carbocycles. The van der Waals surface area contributed by atoms with Crippen LogP contribution < -0.4 is 5.32 Å². The van der Waals surface area contributed by atoms with Crippen LogP contribution in [0.1, 0.15) is 29.9 Å². The Morgan fingerprint density at radius 2 is 2.25 bits per heavy atom. The summed E-state index contributed by atoms with van der Waals surface area (Å²) in [6.45, 7) is 4.17. The minimum Gasteiger partial charge on any atom is -0.348 e. The molecule has 1 aromatic heterocycles. The standard InChI is InChI=1S/C11H15BrClNOS/c1-7(2)8(5-6-13)14-11(15)9-3-4-10(12)16-9/h3-4,7-8H,5-6H2,1-2H3,(H,14,15). The lowest BCUT2D eigenvalue weighted by atomic mass is 10.0. The van der Waals surface area contributed by atoms with Gasteiger partial charge in [0.15, 0.2) is 0 Å². The van der Waals surface area contributed by atoms with Crippen molar-refractivity contribution in [2.75, 3.05) is 5.88 Å². The first-order valence-electron chi connectivity index (χ1n) is 5.16. The summed E-state index contributed by atoms with van der Waals surface area (Å²) in [4.78, 5) is 12.6. The molecule has 1 aromatic rings. The largest absolute Gasteiger partial charge is 0.348 e. The number of nitrogens with one attached hydrogen (secondary N) is 1. The highest BCUT2D eigenvalue weighted by Gasteiger charge is 2.17. The summed E-state index contributed by atoms with van der Waals surface area (Å²) in [6.07, 6.45) is 0.803.